The number of thiophene rings is 1. The number of hydrogen-bond donors (Lipinski definition) is 0. The maximum absolute atomic E-state index is 13.4. The minimum absolute atomic E-state index is 0.0650. The highest BCUT2D eigenvalue weighted by molar-refractivity contribution is 7.94. The van der Waals surface area contributed by atoms with Gasteiger partial charge in [-0.1, -0.05) is 35.4 Å². The number of ketones is 1. The molecular formula is C27H20ClN3O4S2. The van der Waals surface area contributed by atoms with Crippen LogP contribution in [0.1, 0.15) is 11.1 Å². The summed E-state index contributed by atoms with van der Waals surface area (Å²) in [5, 5.41) is 1.39. The van der Waals surface area contributed by atoms with Gasteiger partial charge in [0, 0.05) is 42.2 Å². The summed E-state index contributed by atoms with van der Waals surface area (Å²) < 4.78 is 26.8. The molecule has 0 aliphatic rings. The maximum Gasteiger partial charge on any atom is 0.264 e. The third-order valence-corrected chi connectivity index (χ3v) is 9.32. The van der Waals surface area contributed by atoms with Crippen LogP contribution in [0, 0.1) is 6.92 Å². The summed E-state index contributed by atoms with van der Waals surface area (Å²) in [6.07, 6.45) is 6.54. The first-order valence-electron chi connectivity index (χ1n) is 11.2. The Kier molecular flexibility index (Phi) is 6.76. The van der Waals surface area contributed by atoms with E-state index in [-0.39, 0.29) is 16.2 Å². The molecule has 0 fully saturated rings. The van der Waals surface area contributed by atoms with Crippen LogP contribution in [-0.4, -0.2) is 34.5 Å². The molecule has 5 rings (SSSR count). The number of carbonyl (C=O) groups is 1. The molecule has 0 spiro atoms. The van der Waals surface area contributed by atoms with Crippen LogP contribution >= 0.6 is 22.9 Å². The molecule has 0 aliphatic heterocycles. The van der Waals surface area contributed by atoms with Crippen molar-refractivity contribution < 1.29 is 13.2 Å². The number of aromatic nitrogens is 3. The van der Waals surface area contributed by atoms with Crippen molar-refractivity contribution in [3.8, 4) is 16.9 Å². The van der Waals surface area contributed by atoms with E-state index >= 15 is 0 Å². The van der Waals surface area contributed by atoms with Gasteiger partial charge in [0.05, 0.1) is 4.34 Å². The third kappa shape index (κ3) is 5.24. The first-order chi connectivity index (χ1) is 17.7. The zero-order chi connectivity index (χ0) is 26.2. The topological polar surface area (TPSA) is 99.0 Å². The molecular weight excluding hydrogens is 530 g/mol. The quantitative estimate of drug-likeness (QED) is 0.281. The number of benzene rings is 1. The molecule has 0 atom stereocenters. The molecule has 5 aromatic rings. The fourth-order valence-electron chi connectivity index (χ4n) is 4.08. The Bertz CT molecular complexity index is 1800. The van der Waals surface area contributed by atoms with Gasteiger partial charge < -0.3 is 0 Å². The SMILES string of the molecule is Cc1ccc2c(=O)n(-c3ccc(CC(=O)CS(=O)(=O)c4ccc(Cl)s4)cn3)cc(-c3ccncc3)c2c1. The van der Waals surface area contributed by atoms with E-state index in [0.29, 0.717) is 21.1 Å². The molecule has 0 saturated heterocycles. The van der Waals surface area contributed by atoms with Crippen molar-refractivity contribution in [2.45, 2.75) is 17.6 Å². The summed E-state index contributed by atoms with van der Waals surface area (Å²) in [6.45, 7) is 1.98. The number of hydrogen-bond acceptors (Lipinski definition) is 7. The molecule has 0 radical (unpaired) electrons. The van der Waals surface area contributed by atoms with E-state index in [2.05, 4.69) is 9.97 Å². The van der Waals surface area contributed by atoms with Gasteiger partial charge in [-0.2, -0.15) is 0 Å². The Hall–Kier alpha value is -3.66. The summed E-state index contributed by atoms with van der Waals surface area (Å²) >= 11 is 6.75. The van der Waals surface area contributed by atoms with E-state index in [4.69, 9.17) is 11.6 Å². The normalized spacial score (nSPS) is 11.6. The highest BCUT2D eigenvalue weighted by atomic mass is 35.5. The number of halogens is 1. The van der Waals surface area contributed by atoms with Gasteiger partial charge >= 0.3 is 0 Å². The van der Waals surface area contributed by atoms with Crippen molar-refractivity contribution in [1.82, 2.24) is 14.5 Å². The lowest BCUT2D eigenvalue weighted by Crippen LogP contribution is -2.20. The summed E-state index contributed by atoms with van der Waals surface area (Å²) in [6, 6.07) is 15.7. The van der Waals surface area contributed by atoms with E-state index in [1.807, 2.05) is 37.3 Å². The van der Waals surface area contributed by atoms with Gasteiger partial charge in [-0.3, -0.25) is 19.1 Å². The van der Waals surface area contributed by atoms with E-state index in [9.17, 15) is 18.0 Å². The fraction of sp³-hybridized carbons (Fsp3) is 0.111. The smallest absolute Gasteiger partial charge is 0.264 e. The van der Waals surface area contributed by atoms with Crippen LogP contribution < -0.4 is 5.56 Å². The molecule has 186 valence electrons. The first kappa shape index (κ1) is 25.0. The number of pyridine rings is 3. The summed E-state index contributed by atoms with van der Waals surface area (Å²) in [5.74, 6) is -0.693. The molecule has 4 aromatic heterocycles. The van der Waals surface area contributed by atoms with Gasteiger partial charge in [-0.05, 0) is 59.8 Å². The highest BCUT2D eigenvalue weighted by Gasteiger charge is 2.21. The average molecular weight is 550 g/mol. The molecule has 0 bridgehead atoms. The molecule has 0 N–H and O–H groups in total. The molecule has 1 aromatic carbocycles. The summed E-state index contributed by atoms with van der Waals surface area (Å²) in [5.41, 5.74) is 3.14. The first-order valence-corrected chi connectivity index (χ1v) is 14.1. The lowest BCUT2D eigenvalue weighted by molar-refractivity contribution is -0.116. The zero-order valence-corrected chi connectivity index (χ0v) is 22.0. The highest BCUT2D eigenvalue weighted by Crippen LogP contribution is 2.28. The van der Waals surface area contributed by atoms with Gasteiger partial charge in [-0.25, -0.2) is 13.4 Å². The van der Waals surface area contributed by atoms with Crippen molar-refractivity contribution >= 4 is 49.3 Å². The number of rotatable bonds is 7. The van der Waals surface area contributed by atoms with Crippen LogP contribution in [0.15, 0.2) is 88.4 Å². The zero-order valence-electron chi connectivity index (χ0n) is 19.6. The van der Waals surface area contributed by atoms with Gasteiger partial charge in [0.1, 0.15) is 15.8 Å². The third-order valence-electron chi connectivity index (χ3n) is 5.83. The van der Waals surface area contributed by atoms with Gasteiger partial charge in [0.2, 0.25) is 0 Å². The summed E-state index contributed by atoms with van der Waals surface area (Å²) in [7, 11) is -3.76. The Morgan fingerprint density at radius 2 is 1.81 bits per heavy atom. The molecule has 0 aliphatic carbocycles. The van der Waals surface area contributed by atoms with Gasteiger partial charge in [0.15, 0.2) is 15.6 Å². The second kappa shape index (κ2) is 10.0. The molecule has 0 amide bonds. The van der Waals surface area contributed by atoms with Crippen LogP contribution in [0.5, 0.6) is 0 Å². The van der Waals surface area contributed by atoms with Crippen molar-refractivity contribution in [2.24, 2.45) is 0 Å². The number of nitrogens with zero attached hydrogens (tertiary/aromatic N) is 3. The minimum Gasteiger partial charge on any atom is -0.298 e. The second-order valence-corrected chi connectivity index (χ2v) is 12.5. The largest absolute Gasteiger partial charge is 0.298 e. The van der Waals surface area contributed by atoms with Crippen LogP contribution in [-0.2, 0) is 21.1 Å². The second-order valence-electron chi connectivity index (χ2n) is 8.56. The lowest BCUT2D eigenvalue weighted by atomic mass is 10.00. The van der Waals surface area contributed by atoms with Gasteiger partial charge in [0.25, 0.3) is 5.56 Å². The van der Waals surface area contributed by atoms with Crippen LogP contribution in [0.3, 0.4) is 0 Å². The van der Waals surface area contributed by atoms with E-state index in [0.717, 1.165) is 33.4 Å². The van der Waals surface area contributed by atoms with E-state index < -0.39 is 21.4 Å². The number of carbonyl (C=O) groups excluding carboxylic acids is 1. The Morgan fingerprint density at radius 3 is 2.49 bits per heavy atom. The van der Waals surface area contributed by atoms with E-state index in [1.165, 1.54) is 22.9 Å². The number of Topliss-reactive ketones (excluding diaryl/α,β-unsaturated/α-hetero) is 1. The fourth-order valence-corrected chi connectivity index (χ4v) is 6.89. The maximum atomic E-state index is 13.4. The predicted octanol–water partition coefficient (Wildman–Crippen LogP) is 5.06. The lowest BCUT2D eigenvalue weighted by Gasteiger charge is -2.13. The molecule has 37 heavy (non-hydrogen) atoms. The Labute approximate surface area is 222 Å². The number of fused-ring (bicyclic) bond motifs is 1. The predicted molar refractivity (Wildman–Crippen MR) is 145 cm³/mol. The Morgan fingerprint density at radius 1 is 1.03 bits per heavy atom. The average Bonchev–Trinajstić information content (AvgIpc) is 3.32. The standard InChI is InChI=1S/C27H20ClN3O4S2/c1-17-2-4-21-22(12-17)23(19-8-10-29-11-9-19)15-31(27(21)33)25-6-3-18(14-30-25)13-20(32)16-37(34,35)26-7-5-24(28)36-26/h2-12,14-15H,13,16H2,1H3. The minimum atomic E-state index is -3.76. The van der Waals surface area contributed by atoms with Crippen molar-refractivity contribution in [3.05, 3.63) is 105 Å². The molecule has 10 heteroatoms. The molecule has 0 unspecified atom stereocenters. The number of aryl methyl sites for hydroxylation is 1. The molecule has 7 nitrogen and oxygen atoms in total. The Balaban J connectivity index is 1.45. The van der Waals surface area contributed by atoms with Crippen molar-refractivity contribution in [2.75, 3.05) is 5.75 Å². The monoisotopic (exact) mass is 549 g/mol. The summed E-state index contributed by atoms with van der Waals surface area (Å²) in [4.78, 5) is 34.4. The van der Waals surface area contributed by atoms with Crippen LogP contribution in [0.2, 0.25) is 4.34 Å². The van der Waals surface area contributed by atoms with Crippen molar-refractivity contribution in [3.63, 3.8) is 0 Å². The van der Waals surface area contributed by atoms with E-state index in [1.54, 1.807) is 30.7 Å². The van der Waals surface area contributed by atoms with Crippen molar-refractivity contribution in [1.29, 1.82) is 0 Å². The van der Waals surface area contributed by atoms with Crippen LogP contribution in [0.25, 0.3) is 27.7 Å². The van der Waals surface area contributed by atoms with Crippen LogP contribution in [0.4, 0.5) is 0 Å². The molecule has 0 saturated carbocycles. The van der Waals surface area contributed by atoms with Gasteiger partial charge in [-0.15, -0.1) is 11.3 Å². The number of sulfone groups is 1. The molecule has 4 heterocycles.